The molecule has 3 heterocycles. The molecule has 1 N–H and O–H groups in total. The number of rotatable bonds is 6. The van der Waals surface area contributed by atoms with Gasteiger partial charge in [-0.2, -0.15) is 0 Å². The Labute approximate surface area is 211 Å². The largest absolute Gasteiger partial charge is 0.330 e. The van der Waals surface area contributed by atoms with Crippen LogP contribution in [-0.4, -0.2) is 63.3 Å². The zero-order valence-corrected chi connectivity index (χ0v) is 20.8. The number of nitrogens with one attached hydrogen (secondary N) is 1. The minimum absolute atomic E-state index is 0.0312. The topological polar surface area (TPSA) is 122 Å². The van der Waals surface area contributed by atoms with Gasteiger partial charge in [0.25, 0.3) is 11.6 Å². The number of hydrogen-bond acceptors (Lipinski definition) is 7. The fraction of sp³-hybridized carbons (Fsp3) is 0.500. The molecular weight excluding hydrogens is 516 g/mol. The molecule has 35 heavy (non-hydrogen) atoms. The van der Waals surface area contributed by atoms with Crippen LogP contribution in [0.5, 0.6) is 0 Å². The summed E-state index contributed by atoms with van der Waals surface area (Å²) in [6.45, 7) is 2.09. The fourth-order valence-electron chi connectivity index (χ4n) is 5.30. The highest BCUT2D eigenvalue weighted by atomic mass is 79.9. The van der Waals surface area contributed by atoms with Crippen LogP contribution in [0.15, 0.2) is 41.1 Å². The molecule has 1 spiro atoms. The number of nitro groups is 1. The quantitative estimate of drug-likeness (QED) is 0.439. The van der Waals surface area contributed by atoms with E-state index in [0.717, 1.165) is 38.8 Å². The lowest BCUT2D eigenvalue weighted by Gasteiger charge is -2.36. The molecule has 1 atom stereocenters. The number of carbonyl (C=O) groups excluding carboxylic acids is 2. The smallest absolute Gasteiger partial charge is 0.273 e. The minimum atomic E-state index is -0.630. The summed E-state index contributed by atoms with van der Waals surface area (Å²) < 4.78 is 0.664. The zero-order chi connectivity index (χ0) is 24.6. The number of piperidine rings is 1. The van der Waals surface area contributed by atoms with Gasteiger partial charge in [-0.15, -0.1) is 0 Å². The summed E-state index contributed by atoms with van der Waals surface area (Å²) >= 11 is 3.34. The van der Waals surface area contributed by atoms with Gasteiger partial charge in [0.2, 0.25) is 11.9 Å². The Morgan fingerprint density at radius 2 is 1.94 bits per heavy atom. The summed E-state index contributed by atoms with van der Waals surface area (Å²) in [4.78, 5) is 50.7. The summed E-state index contributed by atoms with van der Waals surface area (Å²) in [6.07, 6.45) is 7.23. The van der Waals surface area contributed by atoms with E-state index in [1.807, 2.05) is 0 Å². The number of benzene rings is 1. The van der Waals surface area contributed by atoms with Crippen LogP contribution in [0.4, 0.5) is 11.6 Å². The average Bonchev–Trinajstić information content (AvgIpc) is 3.50. The standard InChI is InChI=1S/C24H27BrN6O4/c25-17-2-3-19(31(34)35)16(12-17)13-21(32)29-15-24(6-7-24)14-20(29)22(33)30(18-4-10-26-11-5-18)23-27-8-1-9-28-23/h1-3,8-9,12,18,20,26H,4-7,10-11,13-15H2/t20-/m1/s1. The van der Waals surface area contributed by atoms with Gasteiger partial charge in [0.15, 0.2) is 0 Å². The van der Waals surface area contributed by atoms with Crippen molar-refractivity contribution in [2.45, 2.75) is 50.6 Å². The zero-order valence-electron chi connectivity index (χ0n) is 19.2. The molecule has 2 aromatic rings. The Morgan fingerprint density at radius 1 is 1.23 bits per heavy atom. The maximum Gasteiger partial charge on any atom is 0.273 e. The highest BCUT2D eigenvalue weighted by molar-refractivity contribution is 9.10. The first-order chi connectivity index (χ1) is 16.9. The van der Waals surface area contributed by atoms with Gasteiger partial charge in [-0.3, -0.25) is 24.6 Å². The van der Waals surface area contributed by atoms with Gasteiger partial charge in [-0.1, -0.05) is 15.9 Å². The van der Waals surface area contributed by atoms with E-state index in [1.54, 1.807) is 40.4 Å². The Bertz CT molecular complexity index is 1140. The molecule has 0 bridgehead atoms. The van der Waals surface area contributed by atoms with Gasteiger partial charge in [-0.05, 0) is 68.8 Å². The van der Waals surface area contributed by atoms with Gasteiger partial charge in [0.05, 0.1) is 11.3 Å². The van der Waals surface area contributed by atoms with Crippen molar-refractivity contribution in [3.63, 3.8) is 0 Å². The highest BCUT2D eigenvalue weighted by Crippen LogP contribution is 2.55. The Balaban J connectivity index is 1.44. The summed E-state index contributed by atoms with van der Waals surface area (Å²) in [5.74, 6) is -0.0762. The maximum absolute atomic E-state index is 14.1. The van der Waals surface area contributed by atoms with Crippen LogP contribution in [-0.2, 0) is 16.0 Å². The second kappa shape index (κ2) is 9.62. The molecule has 184 valence electrons. The maximum atomic E-state index is 14.1. The SMILES string of the molecule is O=C([C@H]1CC2(CC2)CN1C(=O)Cc1cc(Br)ccc1[N+](=O)[O-])N(c1ncccn1)C1CCNCC1. The molecule has 10 nitrogen and oxygen atoms in total. The first-order valence-corrected chi connectivity index (χ1v) is 12.7. The molecule has 11 heteroatoms. The van der Waals surface area contributed by atoms with Crippen LogP contribution < -0.4 is 10.2 Å². The third-order valence-corrected chi connectivity index (χ3v) is 7.82. The third kappa shape index (κ3) is 4.92. The molecule has 0 unspecified atom stereocenters. The van der Waals surface area contributed by atoms with Gasteiger partial charge in [-0.25, -0.2) is 9.97 Å². The van der Waals surface area contributed by atoms with E-state index in [1.165, 1.54) is 6.07 Å². The first kappa shape index (κ1) is 23.8. The predicted molar refractivity (Wildman–Crippen MR) is 132 cm³/mol. The van der Waals surface area contributed by atoms with Crippen LogP contribution in [0.25, 0.3) is 0 Å². The van der Waals surface area contributed by atoms with Crippen molar-refractivity contribution in [2.24, 2.45) is 5.41 Å². The van der Waals surface area contributed by atoms with Crippen LogP contribution >= 0.6 is 15.9 Å². The summed E-state index contributed by atoms with van der Waals surface area (Å²) in [5, 5.41) is 14.9. The molecule has 5 rings (SSSR count). The number of amides is 2. The number of nitro benzene ring substituents is 1. The average molecular weight is 543 g/mol. The molecule has 2 aliphatic heterocycles. The molecule has 2 saturated heterocycles. The lowest BCUT2D eigenvalue weighted by Crippen LogP contribution is -2.54. The normalized spacial score (nSPS) is 21.2. The van der Waals surface area contributed by atoms with Crippen LogP contribution in [0.1, 0.15) is 37.7 Å². The Hall–Kier alpha value is -2.92. The number of anilines is 1. The molecule has 1 saturated carbocycles. The van der Waals surface area contributed by atoms with Gasteiger partial charge >= 0.3 is 0 Å². The van der Waals surface area contributed by atoms with Crippen molar-refractivity contribution >= 4 is 39.4 Å². The number of nitrogens with zero attached hydrogens (tertiary/aromatic N) is 5. The Morgan fingerprint density at radius 3 is 2.60 bits per heavy atom. The number of likely N-dealkylation sites (tertiary alicyclic amines) is 1. The van der Waals surface area contributed by atoms with Gasteiger partial charge in [0, 0.05) is 41.1 Å². The number of halogens is 1. The second-order valence-corrected chi connectivity index (χ2v) is 10.6. The van der Waals surface area contributed by atoms with Gasteiger partial charge < -0.3 is 10.2 Å². The van der Waals surface area contributed by atoms with Gasteiger partial charge in [0.1, 0.15) is 6.04 Å². The monoisotopic (exact) mass is 542 g/mol. The highest BCUT2D eigenvalue weighted by Gasteiger charge is 2.56. The summed E-state index contributed by atoms with van der Waals surface area (Å²) in [6, 6.07) is 5.62. The predicted octanol–water partition coefficient (Wildman–Crippen LogP) is 2.86. The molecule has 1 aromatic heterocycles. The van der Waals surface area contributed by atoms with E-state index >= 15 is 0 Å². The van der Waals surface area contributed by atoms with E-state index < -0.39 is 11.0 Å². The molecule has 3 aliphatic rings. The molecule has 0 radical (unpaired) electrons. The van der Waals surface area contributed by atoms with E-state index in [0.29, 0.717) is 29.0 Å². The van der Waals surface area contributed by atoms with Crippen molar-refractivity contribution < 1.29 is 14.5 Å². The third-order valence-electron chi connectivity index (χ3n) is 7.33. The van der Waals surface area contributed by atoms with E-state index in [4.69, 9.17) is 0 Å². The van der Waals surface area contributed by atoms with Crippen molar-refractivity contribution in [1.82, 2.24) is 20.2 Å². The minimum Gasteiger partial charge on any atom is -0.330 e. The van der Waals surface area contributed by atoms with Crippen LogP contribution in [0.2, 0.25) is 0 Å². The Kier molecular flexibility index (Phi) is 6.54. The van der Waals surface area contributed by atoms with E-state index in [-0.39, 0.29) is 35.4 Å². The molecule has 2 amide bonds. The molecule has 1 aliphatic carbocycles. The fourth-order valence-corrected chi connectivity index (χ4v) is 5.71. The molecule has 3 fully saturated rings. The van der Waals surface area contributed by atoms with Crippen molar-refractivity contribution in [3.05, 3.63) is 56.8 Å². The van der Waals surface area contributed by atoms with E-state index in [9.17, 15) is 19.7 Å². The number of carbonyl (C=O) groups is 2. The first-order valence-electron chi connectivity index (χ1n) is 11.9. The van der Waals surface area contributed by atoms with Crippen molar-refractivity contribution in [2.75, 3.05) is 24.5 Å². The molecule has 1 aromatic carbocycles. The lowest BCUT2D eigenvalue weighted by atomic mass is 10.00. The summed E-state index contributed by atoms with van der Waals surface area (Å²) in [7, 11) is 0. The lowest BCUT2D eigenvalue weighted by molar-refractivity contribution is -0.385. The van der Waals surface area contributed by atoms with Crippen LogP contribution in [0, 0.1) is 15.5 Å². The number of aromatic nitrogens is 2. The second-order valence-electron chi connectivity index (χ2n) is 9.69. The van der Waals surface area contributed by atoms with Crippen molar-refractivity contribution in [3.8, 4) is 0 Å². The van der Waals surface area contributed by atoms with E-state index in [2.05, 4.69) is 31.2 Å². The molecular formula is C24H27BrN6O4. The number of hydrogen-bond donors (Lipinski definition) is 1. The summed E-state index contributed by atoms with van der Waals surface area (Å²) in [5.41, 5.74) is 0.203. The van der Waals surface area contributed by atoms with Crippen LogP contribution in [0.3, 0.4) is 0 Å². The van der Waals surface area contributed by atoms with Crippen molar-refractivity contribution in [1.29, 1.82) is 0 Å².